The van der Waals surface area contributed by atoms with E-state index in [4.69, 9.17) is 9.47 Å². The van der Waals surface area contributed by atoms with Crippen molar-refractivity contribution in [3.63, 3.8) is 0 Å². The van der Waals surface area contributed by atoms with E-state index in [-0.39, 0.29) is 0 Å². The van der Waals surface area contributed by atoms with E-state index in [1.807, 2.05) is 17.8 Å². The Morgan fingerprint density at radius 3 is 2.63 bits per heavy atom. The minimum Gasteiger partial charge on any atom is -0.490 e. The molecule has 0 spiro atoms. The molecule has 0 saturated heterocycles. The Bertz CT molecular complexity index is 382. The maximum atomic E-state index is 5.70. The van der Waals surface area contributed by atoms with Crippen molar-refractivity contribution in [2.24, 2.45) is 0 Å². The molecule has 1 aliphatic heterocycles. The summed E-state index contributed by atoms with van der Waals surface area (Å²) in [6.07, 6.45) is 6.07. The molecule has 2 rings (SSSR count). The third-order valence-corrected chi connectivity index (χ3v) is 4.44. The Kier molecular flexibility index (Phi) is 6.79. The van der Waals surface area contributed by atoms with Crippen molar-refractivity contribution in [1.29, 1.82) is 0 Å². The highest BCUT2D eigenvalue weighted by Crippen LogP contribution is 2.34. The van der Waals surface area contributed by atoms with Gasteiger partial charge < -0.3 is 9.47 Å². The number of benzene rings is 1. The number of rotatable bonds is 7. The van der Waals surface area contributed by atoms with Crippen molar-refractivity contribution in [1.82, 2.24) is 0 Å². The molecule has 0 fully saturated rings. The molecule has 1 aliphatic rings. The van der Waals surface area contributed by atoms with E-state index in [9.17, 15) is 0 Å². The lowest BCUT2D eigenvalue weighted by Gasteiger charge is -2.09. The second-order valence-electron chi connectivity index (χ2n) is 4.65. The highest BCUT2D eigenvalue weighted by Gasteiger charge is 2.10. The average Bonchev–Trinajstić information content (AvgIpc) is 2.67. The topological polar surface area (TPSA) is 18.5 Å². The van der Waals surface area contributed by atoms with Crippen molar-refractivity contribution >= 4 is 24.4 Å². The van der Waals surface area contributed by atoms with Crippen molar-refractivity contribution in [3.05, 3.63) is 18.2 Å². The predicted molar refractivity (Wildman–Crippen MR) is 85.1 cm³/mol. The molecule has 0 saturated carbocycles. The lowest BCUT2D eigenvalue weighted by atomic mass is 10.2. The predicted octanol–water partition coefficient (Wildman–Crippen LogP) is 4.43. The fraction of sp³-hybridized carbons (Fsp3) is 0.600. The maximum Gasteiger partial charge on any atom is 0.162 e. The van der Waals surface area contributed by atoms with Crippen LogP contribution >= 0.6 is 24.4 Å². The molecule has 19 heavy (non-hydrogen) atoms. The molecule has 4 heteroatoms. The van der Waals surface area contributed by atoms with E-state index in [0.29, 0.717) is 0 Å². The summed E-state index contributed by atoms with van der Waals surface area (Å²) in [5.74, 6) is 3.97. The van der Waals surface area contributed by atoms with Crippen molar-refractivity contribution in [2.75, 3.05) is 24.7 Å². The van der Waals surface area contributed by atoms with Gasteiger partial charge in [0.25, 0.3) is 0 Å². The minimum absolute atomic E-state index is 0.755. The van der Waals surface area contributed by atoms with E-state index in [1.54, 1.807) is 0 Å². The van der Waals surface area contributed by atoms with Gasteiger partial charge in [0.1, 0.15) is 0 Å². The second-order valence-corrected chi connectivity index (χ2v) is 6.26. The second kappa shape index (κ2) is 8.64. The highest BCUT2D eigenvalue weighted by atomic mass is 32.2. The van der Waals surface area contributed by atoms with Crippen LogP contribution in [0.25, 0.3) is 0 Å². The van der Waals surface area contributed by atoms with E-state index in [2.05, 4.69) is 24.8 Å². The Morgan fingerprint density at radius 1 is 1.00 bits per heavy atom. The van der Waals surface area contributed by atoms with Gasteiger partial charge in [-0.2, -0.15) is 12.6 Å². The van der Waals surface area contributed by atoms with Crippen LogP contribution in [0.3, 0.4) is 0 Å². The van der Waals surface area contributed by atoms with E-state index in [1.165, 1.54) is 36.3 Å². The molecule has 106 valence electrons. The third-order valence-electron chi connectivity index (χ3n) is 3.04. The molecule has 0 unspecified atom stereocenters. The van der Waals surface area contributed by atoms with Gasteiger partial charge in [0.2, 0.25) is 0 Å². The molecular weight excluding hydrogens is 276 g/mol. The fourth-order valence-electron chi connectivity index (χ4n) is 1.99. The number of hydrogen-bond donors (Lipinski definition) is 1. The monoisotopic (exact) mass is 298 g/mol. The summed E-state index contributed by atoms with van der Waals surface area (Å²) < 4.78 is 11.3. The quantitative estimate of drug-likeness (QED) is 0.456. The molecule has 0 bridgehead atoms. The van der Waals surface area contributed by atoms with Crippen molar-refractivity contribution in [2.45, 2.75) is 37.0 Å². The Morgan fingerprint density at radius 2 is 1.79 bits per heavy atom. The number of fused-ring (bicyclic) bond motifs is 1. The summed E-state index contributed by atoms with van der Waals surface area (Å²) in [6, 6.07) is 6.27. The van der Waals surface area contributed by atoms with Crippen LogP contribution < -0.4 is 9.47 Å². The molecule has 1 heterocycles. The third kappa shape index (κ3) is 5.19. The zero-order chi connectivity index (χ0) is 13.3. The zero-order valence-electron chi connectivity index (χ0n) is 11.3. The van der Waals surface area contributed by atoms with Crippen LogP contribution in [0.5, 0.6) is 11.5 Å². The van der Waals surface area contributed by atoms with Crippen LogP contribution in [-0.2, 0) is 0 Å². The van der Waals surface area contributed by atoms with Gasteiger partial charge in [-0.1, -0.05) is 12.8 Å². The first-order valence-electron chi connectivity index (χ1n) is 7.03. The van der Waals surface area contributed by atoms with Crippen LogP contribution in [0.4, 0.5) is 0 Å². The van der Waals surface area contributed by atoms with Crippen molar-refractivity contribution in [3.8, 4) is 11.5 Å². The van der Waals surface area contributed by atoms with Crippen LogP contribution in [-0.4, -0.2) is 24.7 Å². The first-order chi connectivity index (χ1) is 9.40. The van der Waals surface area contributed by atoms with Gasteiger partial charge in [0.05, 0.1) is 13.2 Å². The first-order valence-corrected chi connectivity index (χ1v) is 8.65. The Labute approximate surface area is 125 Å². The molecule has 0 aliphatic carbocycles. The number of unbranched alkanes of at least 4 members (excludes halogenated alkanes) is 3. The molecule has 0 amide bonds. The molecule has 1 aromatic rings. The van der Waals surface area contributed by atoms with E-state index >= 15 is 0 Å². The summed E-state index contributed by atoms with van der Waals surface area (Å²) in [5.41, 5.74) is 0. The summed E-state index contributed by atoms with van der Waals surface area (Å²) >= 11 is 6.13. The normalized spacial score (nSPS) is 14.2. The lowest BCUT2D eigenvalue weighted by molar-refractivity contribution is 0.297. The SMILES string of the molecule is SCCCCCCSc1ccc2c(c1)OCCCO2. The average molecular weight is 298 g/mol. The Hall–Kier alpha value is -0.480. The van der Waals surface area contributed by atoms with Gasteiger partial charge >= 0.3 is 0 Å². The maximum absolute atomic E-state index is 5.70. The summed E-state index contributed by atoms with van der Waals surface area (Å²) in [7, 11) is 0. The molecule has 1 aromatic carbocycles. The molecular formula is C15H22O2S2. The van der Waals surface area contributed by atoms with Crippen LogP contribution in [0.2, 0.25) is 0 Å². The van der Waals surface area contributed by atoms with Gasteiger partial charge in [-0.15, -0.1) is 11.8 Å². The summed E-state index contributed by atoms with van der Waals surface area (Å²) in [4.78, 5) is 1.28. The molecule has 0 aromatic heterocycles. The summed E-state index contributed by atoms with van der Waals surface area (Å²) in [6.45, 7) is 1.51. The van der Waals surface area contributed by atoms with Crippen molar-refractivity contribution < 1.29 is 9.47 Å². The standard InChI is InChI=1S/C15H22O2S2/c18-10-3-1-2-4-11-19-13-6-7-14-15(12-13)17-9-5-8-16-14/h6-7,12,18H,1-5,8-11H2. The molecule has 0 atom stereocenters. The van der Waals surface area contributed by atoms with Gasteiger partial charge in [-0.25, -0.2) is 0 Å². The zero-order valence-corrected chi connectivity index (χ0v) is 13.0. The van der Waals surface area contributed by atoms with Gasteiger partial charge in [0.15, 0.2) is 11.5 Å². The number of thiol groups is 1. The van der Waals surface area contributed by atoms with E-state index < -0.39 is 0 Å². The first kappa shape index (κ1) is 14.9. The van der Waals surface area contributed by atoms with Gasteiger partial charge in [-0.05, 0) is 42.5 Å². The van der Waals surface area contributed by atoms with Gasteiger partial charge in [-0.3, -0.25) is 0 Å². The Balaban J connectivity index is 1.76. The lowest BCUT2D eigenvalue weighted by Crippen LogP contribution is -1.97. The number of thioether (sulfide) groups is 1. The largest absolute Gasteiger partial charge is 0.490 e. The van der Waals surface area contributed by atoms with Crippen LogP contribution in [0.1, 0.15) is 32.1 Å². The summed E-state index contributed by atoms with van der Waals surface area (Å²) in [5, 5.41) is 0. The van der Waals surface area contributed by atoms with Crippen LogP contribution in [0, 0.1) is 0 Å². The van der Waals surface area contributed by atoms with Gasteiger partial charge in [0, 0.05) is 11.3 Å². The molecule has 0 N–H and O–H groups in total. The molecule has 0 radical (unpaired) electrons. The number of ether oxygens (including phenoxy) is 2. The van der Waals surface area contributed by atoms with Crippen LogP contribution in [0.15, 0.2) is 23.1 Å². The highest BCUT2D eigenvalue weighted by molar-refractivity contribution is 7.99. The number of hydrogen-bond acceptors (Lipinski definition) is 4. The molecule has 2 nitrogen and oxygen atoms in total. The smallest absolute Gasteiger partial charge is 0.162 e. The fourth-order valence-corrected chi connectivity index (χ4v) is 3.15. The minimum atomic E-state index is 0.755. The van der Waals surface area contributed by atoms with E-state index in [0.717, 1.165) is 36.9 Å².